The summed E-state index contributed by atoms with van der Waals surface area (Å²) in [4.78, 5) is 37.5. The van der Waals surface area contributed by atoms with Crippen LogP contribution >= 0.6 is 0 Å². The molecule has 7 nitrogen and oxygen atoms in total. The second-order valence-corrected chi connectivity index (χ2v) is 9.71. The molecule has 1 aromatic carbocycles. The molecule has 3 aromatic rings. The van der Waals surface area contributed by atoms with Gasteiger partial charge in [0.15, 0.2) is 0 Å². The van der Waals surface area contributed by atoms with Crippen LogP contribution in [0.25, 0.3) is 11.1 Å². The maximum atomic E-state index is 13.2. The summed E-state index contributed by atoms with van der Waals surface area (Å²) in [5.74, 6) is 0.544. The molecule has 0 saturated carbocycles. The fourth-order valence-corrected chi connectivity index (χ4v) is 4.61. The lowest BCUT2D eigenvalue weighted by Crippen LogP contribution is -2.32. The van der Waals surface area contributed by atoms with Crippen molar-refractivity contribution in [2.45, 2.75) is 46.2 Å². The number of hydrogen-bond donors (Lipinski definition) is 2. The van der Waals surface area contributed by atoms with Crippen molar-refractivity contribution in [2.24, 2.45) is 0 Å². The summed E-state index contributed by atoms with van der Waals surface area (Å²) in [6.45, 7) is 6.65. The first kappa shape index (κ1) is 24.7. The van der Waals surface area contributed by atoms with Crippen LogP contribution in [0.2, 0.25) is 0 Å². The quantitative estimate of drug-likeness (QED) is 0.541. The number of H-pyrrole nitrogens is 1. The highest BCUT2D eigenvalue weighted by molar-refractivity contribution is 5.94. The van der Waals surface area contributed by atoms with Gasteiger partial charge in [0.05, 0.1) is 0 Å². The minimum absolute atomic E-state index is 0.157. The van der Waals surface area contributed by atoms with Gasteiger partial charge in [0.2, 0.25) is 0 Å². The topological polar surface area (TPSA) is 81.3 Å². The minimum Gasteiger partial charge on any atom is -0.357 e. The van der Waals surface area contributed by atoms with E-state index in [2.05, 4.69) is 64.5 Å². The summed E-state index contributed by atoms with van der Waals surface area (Å²) in [6, 6.07) is 14.3. The van der Waals surface area contributed by atoms with Crippen LogP contribution in [0, 0.1) is 13.8 Å². The van der Waals surface area contributed by atoms with Crippen LogP contribution in [0.4, 0.5) is 5.82 Å². The smallest absolute Gasteiger partial charge is 0.270 e. The van der Waals surface area contributed by atoms with E-state index in [9.17, 15) is 9.59 Å². The van der Waals surface area contributed by atoms with E-state index < -0.39 is 0 Å². The molecule has 3 heterocycles. The molecule has 2 aromatic heterocycles. The molecule has 4 rings (SSSR count). The normalized spacial score (nSPS) is 13.8. The third-order valence-electron chi connectivity index (χ3n) is 6.43. The van der Waals surface area contributed by atoms with Crippen molar-refractivity contribution >= 4 is 11.7 Å². The van der Waals surface area contributed by atoms with Crippen LogP contribution in [-0.4, -0.2) is 48.0 Å². The van der Waals surface area contributed by atoms with E-state index in [1.807, 2.05) is 26.0 Å². The zero-order valence-corrected chi connectivity index (χ0v) is 21.1. The number of pyridine rings is 2. The second-order valence-electron chi connectivity index (χ2n) is 9.71. The number of nitrogens with zero attached hydrogens (tertiary/aromatic N) is 3. The first-order valence-electron chi connectivity index (χ1n) is 12.3. The molecule has 1 aliphatic rings. The molecule has 35 heavy (non-hydrogen) atoms. The predicted octanol–water partition coefficient (Wildman–Crippen LogP) is 4.04. The number of anilines is 1. The Bertz CT molecular complexity index is 1240. The number of nitrogens with one attached hydrogen (secondary N) is 2. The number of carbonyl (C=O) groups excluding carboxylic acids is 1. The summed E-state index contributed by atoms with van der Waals surface area (Å²) < 4.78 is 0. The Morgan fingerprint density at radius 1 is 1.03 bits per heavy atom. The zero-order chi connectivity index (χ0) is 24.9. The Balaban J connectivity index is 1.62. The van der Waals surface area contributed by atoms with Crippen molar-refractivity contribution in [3.63, 3.8) is 0 Å². The molecule has 2 N–H and O–H groups in total. The van der Waals surface area contributed by atoms with E-state index in [1.54, 1.807) is 0 Å². The van der Waals surface area contributed by atoms with Crippen molar-refractivity contribution in [1.82, 2.24) is 20.2 Å². The Hall–Kier alpha value is -3.45. The summed E-state index contributed by atoms with van der Waals surface area (Å²) in [6.07, 6.45) is 3.48. The van der Waals surface area contributed by atoms with Crippen molar-refractivity contribution in [1.29, 1.82) is 0 Å². The average molecular weight is 474 g/mol. The van der Waals surface area contributed by atoms with Gasteiger partial charge in [-0.15, -0.1) is 0 Å². The zero-order valence-electron chi connectivity index (χ0n) is 21.1. The highest BCUT2D eigenvalue weighted by Crippen LogP contribution is 2.27. The molecule has 1 aliphatic heterocycles. The number of benzene rings is 1. The summed E-state index contributed by atoms with van der Waals surface area (Å²) in [5.41, 5.74) is 5.67. The molecule has 0 radical (unpaired) electrons. The number of piperidine rings is 1. The molecule has 0 aliphatic carbocycles. The van der Waals surface area contributed by atoms with Crippen molar-refractivity contribution < 1.29 is 4.79 Å². The Labute approximate surface area is 207 Å². The molecule has 7 heteroatoms. The number of rotatable bonds is 7. The van der Waals surface area contributed by atoms with Crippen LogP contribution in [0.15, 0.2) is 47.3 Å². The number of aryl methyl sites for hydroxylation is 2. The Morgan fingerprint density at radius 2 is 1.74 bits per heavy atom. The van der Waals surface area contributed by atoms with E-state index in [0.29, 0.717) is 11.3 Å². The molecular formula is C28H35N5O2. The lowest BCUT2D eigenvalue weighted by Gasteiger charge is -2.28. The van der Waals surface area contributed by atoms with Gasteiger partial charge in [-0.05, 0) is 87.7 Å². The predicted molar refractivity (Wildman–Crippen MR) is 141 cm³/mol. The third kappa shape index (κ3) is 6.17. The number of aromatic nitrogens is 2. The van der Waals surface area contributed by atoms with Gasteiger partial charge in [-0.1, -0.05) is 24.3 Å². The SMILES string of the molecule is Cc1cc(C)c(CNC(=O)c2cc(-c3ccc(CN(C)C)cc3)cc(N3CCCCC3)n2)c(=O)[nH]1. The Morgan fingerprint density at radius 3 is 2.40 bits per heavy atom. The number of hydrogen-bond acceptors (Lipinski definition) is 5. The average Bonchev–Trinajstić information content (AvgIpc) is 2.83. The summed E-state index contributed by atoms with van der Waals surface area (Å²) in [7, 11) is 4.11. The minimum atomic E-state index is -0.284. The molecule has 1 saturated heterocycles. The molecular weight excluding hydrogens is 438 g/mol. The molecule has 0 bridgehead atoms. The van der Waals surface area contributed by atoms with Crippen LogP contribution in [0.1, 0.15) is 52.1 Å². The van der Waals surface area contributed by atoms with Gasteiger partial charge in [-0.3, -0.25) is 9.59 Å². The van der Waals surface area contributed by atoms with Crippen LogP contribution in [0.5, 0.6) is 0 Å². The summed E-state index contributed by atoms with van der Waals surface area (Å²) in [5, 5.41) is 2.91. The van der Waals surface area contributed by atoms with Crippen LogP contribution in [0.3, 0.4) is 0 Å². The van der Waals surface area contributed by atoms with Crippen molar-refractivity contribution in [3.8, 4) is 11.1 Å². The maximum absolute atomic E-state index is 13.2. The van der Waals surface area contributed by atoms with Crippen LogP contribution < -0.4 is 15.8 Å². The van der Waals surface area contributed by atoms with Gasteiger partial charge in [-0.25, -0.2) is 4.98 Å². The fraction of sp³-hybridized carbons (Fsp3) is 0.393. The number of carbonyl (C=O) groups is 1. The van der Waals surface area contributed by atoms with Gasteiger partial charge in [0.25, 0.3) is 11.5 Å². The van der Waals surface area contributed by atoms with E-state index in [4.69, 9.17) is 4.98 Å². The molecule has 0 spiro atoms. The van der Waals surface area contributed by atoms with Gasteiger partial charge in [0.1, 0.15) is 11.5 Å². The molecule has 184 valence electrons. The van der Waals surface area contributed by atoms with E-state index >= 15 is 0 Å². The molecule has 0 unspecified atom stereocenters. The van der Waals surface area contributed by atoms with Crippen LogP contribution in [-0.2, 0) is 13.1 Å². The third-order valence-corrected chi connectivity index (χ3v) is 6.43. The first-order valence-corrected chi connectivity index (χ1v) is 12.3. The van der Waals surface area contributed by atoms with Crippen molar-refractivity contribution in [2.75, 3.05) is 32.1 Å². The standard InChI is InChI=1S/C28H35N5O2/c1-19-14-20(2)30-27(34)24(19)17-29-28(35)25-15-23(16-26(31-25)33-12-6-5-7-13-33)22-10-8-21(9-11-22)18-32(3)4/h8-11,14-16H,5-7,12-13,17-18H2,1-4H3,(H,29,35)(H,30,34). The van der Waals surface area contributed by atoms with Gasteiger partial charge < -0.3 is 20.1 Å². The van der Waals surface area contributed by atoms with E-state index in [-0.39, 0.29) is 18.0 Å². The second kappa shape index (κ2) is 10.9. The summed E-state index contributed by atoms with van der Waals surface area (Å²) >= 11 is 0. The lowest BCUT2D eigenvalue weighted by atomic mass is 10.0. The molecule has 0 atom stereocenters. The van der Waals surface area contributed by atoms with Gasteiger partial charge in [-0.2, -0.15) is 0 Å². The number of amides is 1. The largest absolute Gasteiger partial charge is 0.357 e. The fourth-order valence-electron chi connectivity index (χ4n) is 4.61. The van der Waals surface area contributed by atoms with E-state index in [0.717, 1.165) is 60.7 Å². The highest BCUT2D eigenvalue weighted by atomic mass is 16.2. The molecule has 1 fully saturated rings. The monoisotopic (exact) mass is 473 g/mol. The van der Waals surface area contributed by atoms with Gasteiger partial charge in [0, 0.05) is 37.4 Å². The lowest BCUT2D eigenvalue weighted by molar-refractivity contribution is 0.0946. The first-order chi connectivity index (χ1) is 16.8. The molecule has 1 amide bonds. The Kier molecular flexibility index (Phi) is 7.66. The van der Waals surface area contributed by atoms with Gasteiger partial charge >= 0.3 is 0 Å². The highest BCUT2D eigenvalue weighted by Gasteiger charge is 2.18. The maximum Gasteiger partial charge on any atom is 0.270 e. The van der Waals surface area contributed by atoms with E-state index in [1.165, 1.54) is 12.0 Å². The van der Waals surface area contributed by atoms with Crippen molar-refractivity contribution in [3.05, 3.63) is 80.9 Å². The number of aromatic amines is 1.